The maximum atomic E-state index is 13.6. The Bertz CT molecular complexity index is 920. The molecule has 2 amide bonds. The molecule has 0 saturated carbocycles. The van der Waals surface area contributed by atoms with Gasteiger partial charge in [-0.3, -0.25) is 24.5 Å². The molecule has 146 valence electrons. The number of non-ortho nitro benzene ring substituents is 1. The first kappa shape index (κ1) is 21.0. The van der Waals surface area contributed by atoms with Crippen LogP contribution in [-0.4, -0.2) is 35.9 Å². The molecule has 0 aromatic heterocycles. The number of carbonyl (C=O) groups is 3. The molecule has 0 aliphatic heterocycles. The molecule has 0 aliphatic rings. The maximum absolute atomic E-state index is 13.6. The second-order valence-corrected chi connectivity index (χ2v) is 6.24. The van der Waals surface area contributed by atoms with Crippen molar-refractivity contribution in [3.05, 3.63) is 68.4 Å². The highest BCUT2D eigenvalue weighted by atomic mass is 79.9. The van der Waals surface area contributed by atoms with E-state index in [0.717, 1.165) is 22.7 Å². The number of rotatable bonds is 7. The summed E-state index contributed by atoms with van der Waals surface area (Å²) in [5, 5.41) is 15.1. The Morgan fingerprint density at radius 1 is 1.14 bits per heavy atom. The van der Waals surface area contributed by atoms with E-state index in [1.807, 2.05) is 0 Å². The molecule has 0 bridgehead atoms. The molecule has 0 fully saturated rings. The van der Waals surface area contributed by atoms with Crippen molar-refractivity contribution in [2.24, 2.45) is 0 Å². The summed E-state index contributed by atoms with van der Waals surface area (Å²) in [5.74, 6) is -3.17. The third-order valence-electron chi connectivity index (χ3n) is 3.30. The van der Waals surface area contributed by atoms with Crippen LogP contribution in [0.15, 0.2) is 46.9 Å². The van der Waals surface area contributed by atoms with E-state index in [1.54, 1.807) is 24.3 Å². The molecular weight excluding hydrogens is 441 g/mol. The number of hydrogen-bond donors (Lipinski definition) is 2. The van der Waals surface area contributed by atoms with Crippen LogP contribution in [0, 0.1) is 15.9 Å². The molecule has 0 spiro atoms. The molecule has 0 atom stereocenters. The van der Waals surface area contributed by atoms with Crippen molar-refractivity contribution >= 4 is 45.1 Å². The summed E-state index contributed by atoms with van der Waals surface area (Å²) >= 11 is 3.23. The Morgan fingerprint density at radius 2 is 1.82 bits per heavy atom. The quantitative estimate of drug-likeness (QED) is 0.376. The fourth-order valence-electron chi connectivity index (χ4n) is 1.96. The third-order valence-corrected chi connectivity index (χ3v) is 3.83. The molecule has 0 radical (unpaired) electrons. The van der Waals surface area contributed by atoms with E-state index in [4.69, 9.17) is 0 Å². The number of ether oxygens (including phenoxy) is 1. The average molecular weight is 454 g/mol. The van der Waals surface area contributed by atoms with Crippen LogP contribution in [0.5, 0.6) is 0 Å². The standard InChI is InChI=1S/C17H13BrFN3O6/c18-11-3-1-10(2-4-11)17(25)20-8-16(24)28-9-15(23)21-14-7-12(22(26)27)5-6-13(14)19/h1-7H,8-9H2,(H,20,25)(H,21,23). The smallest absolute Gasteiger partial charge is 0.325 e. The first-order chi connectivity index (χ1) is 13.3. The largest absolute Gasteiger partial charge is 0.454 e. The minimum atomic E-state index is -0.896. The predicted molar refractivity (Wildman–Crippen MR) is 99.1 cm³/mol. The van der Waals surface area contributed by atoms with E-state index in [-0.39, 0.29) is 0 Å². The fraction of sp³-hybridized carbons (Fsp3) is 0.118. The summed E-state index contributed by atoms with van der Waals surface area (Å²) in [6, 6.07) is 9.02. The second-order valence-electron chi connectivity index (χ2n) is 5.32. The lowest BCUT2D eigenvalue weighted by atomic mass is 10.2. The number of nitro groups is 1. The van der Waals surface area contributed by atoms with Crippen molar-refractivity contribution in [3.63, 3.8) is 0 Å². The van der Waals surface area contributed by atoms with Gasteiger partial charge in [0.2, 0.25) is 0 Å². The number of nitro benzene ring substituents is 1. The van der Waals surface area contributed by atoms with Crippen molar-refractivity contribution < 1.29 is 28.4 Å². The summed E-state index contributed by atoms with van der Waals surface area (Å²) in [6.45, 7) is -1.23. The molecule has 0 heterocycles. The minimum absolute atomic E-state index is 0.329. The van der Waals surface area contributed by atoms with Gasteiger partial charge in [-0.25, -0.2) is 4.39 Å². The highest BCUT2D eigenvalue weighted by molar-refractivity contribution is 9.10. The third kappa shape index (κ3) is 6.13. The number of hydrogen-bond acceptors (Lipinski definition) is 6. The van der Waals surface area contributed by atoms with E-state index in [2.05, 4.69) is 31.3 Å². The normalized spacial score (nSPS) is 10.1. The molecule has 2 N–H and O–H groups in total. The lowest BCUT2D eigenvalue weighted by Gasteiger charge is -2.08. The first-order valence-corrected chi connectivity index (χ1v) is 8.48. The molecule has 2 aromatic carbocycles. The van der Waals surface area contributed by atoms with Gasteiger partial charge >= 0.3 is 5.97 Å². The number of nitrogens with zero attached hydrogens (tertiary/aromatic N) is 1. The Balaban J connectivity index is 1.80. The Labute approximate surface area is 166 Å². The monoisotopic (exact) mass is 453 g/mol. The van der Waals surface area contributed by atoms with E-state index < -0.39 is 53.1 Å². The molecular formula is C17H13BrFN3O6. The molecule has 9 nitrogen and oxygen atoms in total. The van der Waals surface area contributed by atoms with Gasteiger partial charge in [0, 0.05) is 22.2 Å². The number of anilines is 1. The van der Waals surface area contributed by atoms with Crippen LogP contribution >= 0.6 is 15.9 Å². The molecule has 28 heavy (non-hydrogen) atoms. The van der Waals surface area contributed by atoms with E-state index in [0.29, 0.717) is 5.56 Å². The van der Waals surface area contributed by atoms with Crippen LogP contribution in [-0.2, 0) is 14.3 Å². The maximum Gasteiger partial charge on any atom is 0.325 e. The fourth-order valence-corrected chi connectivity index (χ4v) is 2.23. The van der Waals surface area contributed by atoms with E-state index in [9.17, 15) is 28.9 Å². The van der Waals surface area contributed by atoms with Crippen LogP contribution in [0.3, 0.4) is 0 Å². The van der Waals surface area contributed by atoms with Gasteiger partial charge in [-0.05, 0) is 30.3 Å². The van der Waals surface area contributed by atoms with Crippen LogP contribution < -0.4 is 10.6 Å². The minimum Gasteiger partial charge on any atom is -0.454 e. The zero-order valence-electron chi connectivity index (χ0n) is 14.1. The zero-order valence-corrected chi connectivity index (χ0v) is 15.7. The first-order valence-electron chi connectivity index (χ1n) is 7.69. The average Bonchev–Trinajstić information content (AvgIpc) is 2.66. The Kier molecular flexibility index (Phi) is 7.15. The predicted octanol–water partition coefficient (Wildman–Crippen LogP) is 2.41. The van der Waals surface area contributed by atoms with Gasteiger partial charge in [0.25, 0.3) is 17.5 Å². The Morgan fingerprint density at radius 3 is 2.46 bits per heavy atom. The van der Waals surface area contributed by atoms with Gasteiger partial charge in [-0.15, -0.1) is 0 Å². The highest BCUT2D eigenvalue weighted by Crippen LogP contribution is 2.21. The number of nitrogens with one attached hydrogen (secondary N) is 2. The van der Waals surface area contributed by atoms with Crippen molar-refractivity contribution in [1.29, 1.82) is 0 Å². The summed E-state index contributed by atoms with van der Waals surface area (Å²) in [4.78, 5) is 45.1. The van der Waals surface area contributed by atoms with Crippen LogP contribution in [0.2, 0.25) is 0 Å². The van der Waals surface area contributed by atoms with E-state index in [1.165, 1.54) is 0 Å². The van der Waals surface area contributed by atoms with Crippen molar-refractivity contribution in [1.82, 2.24) is 5.32 Å². The molecule has 2 aromatic rings. The van der Waals surface area contributed by atoms with Crippen molar-refractivity contribution in [2.75, 3.05) is 18.5 Å². The Hall–Kier alpha value is -3.34. The van der Waals surface area contributed by atoms with Gasteiger partial charge in [0.1, 0.15) is 12.4 Å². The lowest BCUT2D eigenvalue weighted by Crippen LogP contribution is -2.32. The lowest BCUT2D eigenvalue weighted by molar-refractivity contribution is -0.384. The zero-order chi connectivity index (χ0) is 20.7. The number of carbonyl (C=O) groups excluding carboxylic acids is 3. The number of esters is 1. The van der Waals surface area contributed by atoms with Crippen LogP contribution in [0.25, 0.3) is 0 Å². The highest BCUT2D eigenvalue weighted by Gasteiger charge is 2.15. The topological polar surface area (TPSA) is 128 Å². The number of halogens is 2. The summed E-state index contributed by atoms with van der Waals surface area (Å²) in [7, 11) is 0. The summed E-state index contributed by atoms with van der Waals surface area (Å²) < 4.78 is 19.0. The number of amides is 2. The number of benzene rings is 2. The molecule has 11 heteroatoms. The SMILES string of the molecule is O=C(COC(=O)CNC(=O)c1ccc(Br)cc1)Nc1cc([N+](=O)[O-])ccc1F. The van der Waals surface area contributed by atoms with Crippen LogP contribution in [0.4, 0.5) is 15.8 Å². The van der Waals surface area contributed by atoms with Gasteiger partial charge in [-0.1, -0.05) is 15.9 Å². The molecule has 2 rings (SSSR count). The van der Waals surface area contributed by atoms with Gasteiger partial charge < -0.3 is 15.4 Å². The van der Waals surface area contributed by atoms with Crippen molar-refractivity contribution in [2.45, 2.75) is 0 Å². The van der Waals surface area contributed by atoms with Crippen molar-refractivity contribution in [3.8, 4) is 0 Å². The molecule has 0 saturated heterocycles. The molecule has 0 unspecified atom stereocenters. The van der Waals surface area contributed by atoms with Gasteiger partial charge in [-0.2, -0.15) is 0 Å². The van der Waals surface area contributed by atoms with Gasteiger partial charge in [0.05, 0.1) is 10.6 Å². The van der Waals surface area contributed by atoms with E-state index >= 15 is 0 Å². The van der Waals surface area contributed by atoms with Gasteiger partial charge in [0.15, 0.2) is 6.61 Å². The molecule has 0 aliphatic carbocycles. The second kappa shape index (κ2) is 9.55. The summed E-state index contributed by atoms with van der Waals surface area (Å²) in [5.41, 5.74) is -0.502. The summed E-state index contributed by atoms with van der Waals surface area (Å²) in [6.07, 6.45) is 0. The van der Waals surface area contributed by atoms with Crippen LogP contribution in [0.1, 0.15) is 10.4 Å².